The molecule has 39 heavy (non-hydrogen) atoms. The van der Waals surface area contributed by atoms with Crippen LogP contribution in [0, 0.1) is 5.92 Å². The molecule has 4 nitrogen and oxygen atoms in total. The second-order valence-corrected chi connectivity index (χ2v) is 11.7. The zero-order valence-corrected chi connectivity index (χ0v) is 22.4. The second kappa shape index (κ2) is 10.2. The van der Waals surface area contributed by atoms with Crippen molar-refractivity contribution in [1.82, 2.24) is 10.2 Å². The maximum Gasteiger partial charge on any atom is 0.416 e. The standard InChI is InChI=1S/C32H33F3N2O2/c1-31(2,3)36-30(39)37-15-14-25-24(21-10-7-11-23(16-21)32(33,34)35)12-13-26(28(25)19-37)29(38)18-22-17-27(22)20-8-5-4-6-9-20/h4-13,16,22,27H,14-15,17-19H2,1-3H3,(H,36,39)/t22-,27?/m1/s1. The van der Waals surface area contributed by atoms with Gasteiger partial charge in [-0.2, -0.15) is 13.2 Å². The fourth-order valence-electron chi connectivity index (χ4n) is 5.57. The molecule has 204 valence electrons. The lowest BCUT2D eigenvalue weighted by Crippen LogP contribution is -2.50. The summed E-state index contributed by atoms with van der Waals surface area (Å²) < 4.78 is 40.4. The van der Waals surface area contributed by atoms with Crippen LogP contribution in [0.2, 0.25) is 0 Å². The predicted molar refractivity (Wildman–Crippen MR) is 146 cm³/mol. The first-order valence-electron chi connectivity index (χ1n) is 13.4. The van der Waals surface area contributed by atoms with Crippen molar-refractivity contribution in [3.63, 3.8) is 0 Å². The number of rotatable bonds is 5. The molecule has 3 aromatic rings. The highest BCUT2D eigenvalue weighted by atomic mass is 19.4. The smallest absolute Gasteiger partial charge is 0.333 e. The monoisotopic (exact) mass is 534 g/mol. The highest BCUT2D eigenvalue weighted by Crippen LogP contribution is 2.50. The van der Waals surface area contributed by atoms with Crippen molar-refractivity contribution >= 4 is 11.8 Å². The Morgan fingerprint density at radius 2 is 1.69 bits per heavy atom. The van der Waals surface area contributed by atoms with Crippen LogP contribution in [0.3, 0.4) is 0 Å². The molecular formula is C32H33F3N2O2. The summed E-state index contributed by atoms with van der Waals surface area (Å²) in [5.41, 5.74) is 3.38. The average molecular weight is 535 g/mol. The minimum Gasteiger partial charge on any atom is -0.333 e. The molecule has 2 atom stereocenters. The van der Waals surface area contributed by atoms with Gasteiger partial charge in [-0.3, -0.25) is 4.79 Å². The van der Waals surface area contributed by atoms with Crippen LogP contribution in [0.1, 0.15) is 72.1 Å². The van der Waals surface area contributed by atoms with Crippen molar-refractivity contribution in [3.05, 3.63) is 94.5 Å². The summed E-state index contributed by atoms with van der Waals surface area (Å²) in [7, 11) is 0. The van der Waals surface area contributed by atoms with Crippen LogP contribution in [0.25, 0.3) is 11.1 Å². The first kappa shape index (κ1) is 27.0. The number of nitrogens with one attached hydrogen (secondary N) is 1. The highest BCUT2D eigenvalue weighted by molar-refractivity contribution is 5.99. The van der Waals surface area contributed by atoms with Gasteiger partial charge in [0.05, 0.1) is 5.56 Å². The van der Waals surface area contributed by atoms with E-state index >= 15 is 0 Å². The molecule has 7 heteroatoms. The number of alkyl halides is 3. The van der Waals surface area contributed by atoms with Gasteiger partial charge in [0, 0.05) is 30.6 Å². The molecule has 2 aliphatic rings. The summed E-state index contributed by atoms with van der Waals surface area (Å²) in [4.78, 5) is 28.3. The zero-order valence-electron chi connectivity index (χ0n) is 22.4. The van der Waals surface area contributed by atoms with Gasteiger partial charge in [0.2, 0.25) is 0 Å². The van der Waals surface area contributed by atoms with E-state index in [9.17, 15) is 22.8 Å². The fourth-order valence-corrected chi connectivity index (χ4v) is 5.57. The van der Waals surface area contributed by atoms with Crippen LogP contribution >= 0.6 is 0 Å². The first-order valence-corrected chi connectivity index (χ1v) is 13.4. The topological polar surface area (TPSA) is 49.4 Å². The number of Topliss-reactive ketones (excluding diaryl/α,β-unsaturated/α-hetero) is 1. The third kappa shape index (κ3) is 6.02. The Morgan fingerprint density at radius 3 is 2.38 bits per heavy atom. The van der Waals surface area contributed by atoms with Crippen LogP contribution in [0.5, 0.6) is 0 Å². The van der Waals surface area contributed by atoms with Crippen molar-refractivity contribution < 1.29 is 22.8 Å². The number of halogens is 3. The molecule has 0 radical (unpaired) electrons. The Hall–Kier alpha value is -3.61. The van der Waals surface area contributed by atoms with E-state index < -0.39 is 17.3 Å². The van der Waals surface area contributed by atoms with Crippen LogP contribution in [0.4, 0.5) is 18.0 Å². The summed E-state index contributed by atoms with van der Waals surface area (Å²) in [6.45, 7) is 6.36. The third-order valence-corrected chi connectivity index (χ3v) is 7.58. The van der Waals surface area contributed by atoms with Crippen molar-refractivity contribution in [2.75, 3.05) is 6.54 Å². The number of fused-ring (bicyclic) bond motifs is 1. The minimum absolute atomic E-state index is 0.0170. The second-order valence-electron chi connectivity index (χ2n) is 11.7. The Morgan fingerprint density at radius 1 is 0.949 bits per heavy atom. The molecule has 1 unspecified atom stereocenters. The Bertz CT molecular complexity index is 1390. The molecule has 1 aliphatic heterocycles. The van der Waals surface area contributed by atoms with Crippen molar-refractivity contribution in [3.8, 4) is 11.1 Å². The maximum absolute atomic E-state index is 13.6. The molecule has 1 N–H and O–H groups in total. The normalized spacial score (nSPS) is 18.9. The van der Waals surface area contributed by atoms with Crippen LogP contribution in [-0.2, 0) is 19.1 Å². The molecule has 1 fully saturated rings. The van der Waals surface area contributed by atoms with Gasteiger partial charge in [-0.15, -0.1) is 0 Å². The molecular weight excluding hydrogens is 501 g/mol. The summed E-state index contributed by atoms with van der Waals surface area (Å²) in [5.74, 6) is 0.648. The molecule has 2 amide bonds. The number of nitrogens with zero attached hydrogens (tertiary/aromatic N) is 1. The number of amides is 2. The van der Waals surface area contributed by atoms with Crippen molar-refractivity contribution in [2.24, 2.45) is 5.92 Å². The van der Waals surface area contributed by atoms with E-state index in [2.05, 4.69) is 17.4 Å². The predicted octanol–water partition coefficient (Wildman–Crippen LogP) is 7.62. The largest absolute Gasteiger partial charge is 0.416 e. The highest BCUT2D eigenvalue weighted by Gasteiger charge is 2.40. The number of hydrogen-bond acceptors (Lipinski definition) is 2. The van der Waals surface area contributed by atoms with Gasteiger partial charge in [0.1, 0.15) is 0 Å². The van der Waals surface area contributed by atoms with Crippen LogP contribution < -0.4 is 5.32 Å². The number of urea groups is 1. The Labute approximate surface area is 227 Å². The van der Waals surface area contributed by atoms with Gasteiger partial charge >= 0.3 is 12.2 Å². The number of carbonyl (C=O) groups excluding carboxylic acids is 2. The SMILES string of the molecule is CC(C)(C)NC(=O)N1CCc2c(-c3cccc(C(F)(F)F)c3)ccc(C(=O)C[C@H]3CC3c3ccccc3)c2C1. The first-order chi connectivity index (χ1) is 18.4. The summed E-state index contributed by atoms with van der Waals surface area (Å²) >= 11 is 0. The van der Waals surface area contributed by atoms with Gasteiger partial charge in [-0.25, -0.2) is 4.79 Å². The Kier molecular flexibility index (Phi) is 7.04. The number of hydrogen-bond donors (Lipinski definition) is 1. The molecule has 1 heterocycles. The molecule has 0 spiro atoms. The summed E-state index contributed by atoms with van der Waals surface area (Å²) in [5, 5.41) is 2.98. The van der Waals surface area contributed by atoms with Gasteiger partial charge in [0.15, 0.2) is 5.78 Å². The molecule has 1 aliphatic carbocycles. The van der Waals surface area contributed by atoms with Gasteiger partial charge in [-0.05, 0) is 85.4 Å². The Balaban J connectivity index is 1.47. The van der Waals surface area contributed by atoms with Gasteiger partial charge < -0.3 is 10.2 Å². The molecule has 3 aromatic carbocycles. The zero-order chi connectivity index (χ0) is 27.9. The molecule has 0 aromatic heterocycles. The third-order valence-electron chi connectivity index (χ3n) is 7.58. The lowest BCUT2D eigenvalue weighted by molar-refractivity contribution is -0.137. The van der Waals surface area contributed by atoms with E-state index in [1.54, 1.807) is 23.1 Å². The molecule has 1 saturated carbocycles. The lowest BCUT2D eigenvalue weighted by atomic mass is 9.85. The maximum atomic E-state index is 13.6. The van der Waals surface area contributed by atoms with Crippen molar-refractivity contribution in [2.45, 2.75) is 64.2 Å². The van der Waals surface area contributed by atoms with E-state index in [0.717, 1.165) is 29.7 Å². The van der Waals surface area contributed by atoms with E-state index in [1.165, 1.54) is 11.6 Å². The number of ketones is 1. The summed E-state index contributed by atoms with van der Waals surface area (Å²) in [6, 6.07) is 18.8. The van der Waals surface area contributed by atoms with E-state index in [0.29, 0.717) is 42.0 Å². The fraction of sp³-hybridized carbons (Fsp3) is 0.375. The summed E-state index contributed by atoms with van der Waals surface area (Å²) in [6.07, 6.45) is -2.63. The van der Waals surface area contributed by atoms with E-state index in [1.807, 2.05) is 39.0 Å². The molecule has 0 bridgehead atoms. The number of benzene rings is 3. The van der Waals surface area contributed by atoms with Crippen LogP contribution in [-0.4, -0.2) is 28.8 Å². The number of carbonyl (C=O) groups is 2. The van der Waals surface area contributed by atoms with E-state index in [4.69, 9.17) is 0 Å². The van der Waals surface area contributed by atoms with Gasteiger partial charge in [0.25, 0.3) is 0 Å². The molecule has 0 saturated heterocycles. The van der Waals surface area contributed by atoms with Crippen LogP contribution in [0.15, 0.2) is 66.7 Å². The quantitative estimate of drug-likeness (QED) is 0.343. The van der Waals surface area contributed by atoms with Crippen molar-refractivity contribution in [1.29, 1.82) is 0 Å². The van der Waals surface area contributed by atoms with E-state index in [-0.39, 0.29) is 24.3 Å². The lowest BCUT2D eigenvalue weighted by Gasteiger charge is -2.34. The van der Waals surface area contributed by atoms with Gasteiger partial charge in [-0.1, -0.05) is 54.6 Å². The minimum atomic E-state index is -4.45. The molecule has 5 rings (SSSR count). The average Bonchev–Trinajstić information content (AvgIpc) is 3.65.